The van der Waals surface area contributed by atoms with Crippen LogP contribution in [0.5, 0.6) is 0 Å². The minimum atomic E-state index is 0.524. The Labute approximate surface area is 164 Å². The van der Waals surface area contributed by atoms with Crippen LogP contribution in [-0.4, -0.2) is 47.9 Å². The summed E-state index contributed by atoms with van der Waals surface area (Å²) in [5.41, 5.74) is 2.70. The largest absolute Gasteiger partial charge is 0.378 e. The number of rotatable bonds is 4. The van der Waals surface area contributed by atoms with E-state index in [0.29, 0.717) is 24.3 Å². The average Bonchev–Trinajstić information content (AvgIpc) is 3.13. The van der Waals surface area contributed by atoms with Crippen molar-refractivity contribution in [2.24, 2.45) is 0 Å². The summed E-state index contributed by atoms with van der Waals surface area (Å²) in [5.74, 6) is 2.33. The fraction of sp³-hybridized carbons (Fsp3) is 0.421. The highest BCUT2D eigenvalue weighted by Gasteiger charge is 2.22. The van der Waals surface area contributed by atoms with Gasteiger partial charge in [0.2, 0.25) is 5.95 Å². The molecule has 142 valence electrons. The topological polar surface area (TPSA) is 65.6 Å². The molecule has 0 atom stereocenters. The summed E-state index contributed by atoms with van der Waals surface area (Å²) in [4.78, 5) is 13.9. The predicted molar refractivity (Wildman–Crippen MR) is 111 cm³/mol. The molecule has 7 nitrogen and oxygen atoms in total. The first kappa shape index (κ1) is 17.9. The van der Waals surface area contributed by atoms with E-state index >= 15 is 0 Å². The molecule has 1 aromatic heterocycles. The van der Waals surface area contributed by atoms with Gasteiger partial charge in [0.25, 0.3) is 0 Å². The molecule has 4 rings (SSSR count). The Hall–Kier alpha value is -2.45. The van der Waals surface area contributed by atoms with Gasteiger partial charge in [-0.3, -0.25) is 0 Å². The monoisotopic (exact) mass is 384 g/mol. The van der Waals surface area contributed by atoms with Gasteiger partial charge >= 0.3 is 0 Å². The number of anilines is 3. The molecule has 0 bridgehead atoms. The molecule has 0 unspecified atom stereocenters. The molecule has 2 aromatic rings. The number of thiocarbonyl (C=S) groups is 1. The number of nitrogens with one attached hydrogen (secondary N) is 2. The van der Waals surface area contributed by atoms with Crippen LogP contribution in [0.2, 0.25) is 0 Å². The van der Waals surface area contributed by atoms with Crippen molar-refractivity contribution in [1.82, 2.24) is 15.3 Å². The molecule has 2 aliphatic rings. The highest BCUT2D eigenvalue weighted by atomic mass is 32.1. The smallest absolute Gasteiger partial charge is 0.232 e. The molecule has 1 fully saturated rings. The molecule has 2 aliphatic heterocycles. The van der Waals surface area contributed by atoms with Crippen molar-refractivity contribution in [2.45, 2.75) is 20.0 Å². The standard InChI is InChI=1S/C19H24N6OS/c1-2-20-19(27)23-18-21-16(24-7-9-26-10-8-24)11-17(22-18)25-12-14-5-3-4-6-15(14)13-25/h3-6,11H,2,7-10,12-13H2,1H3,(H2,20,21,22,23,27). The van der Waals surface area contributed by atoms with E-state index in [1.54, 1.807) is 0 Å². The van der Waals surface area contributed by atoms with E-state index in [4.69, 9.17) is 26.9 Å². The van der Waals surface area contributed by atoms with Crippen molar-refractivity contribution in [3.8, 4) is 0 Å². The molecule has 2 N–H and O–H groups in total. The number of nitrogens with zero attached hydrogens (tertiary/aromatic N) is 4. The highest BCUT2D eigenvalue weighted by Crippen LogP contribution is 2.29. The van der Waals surface area contributed by atoms with Crippen LogP contribution in [-0.2, 0) is 17.8 Å². The van der Waals surface area contributed by atoms with Crippen LogP contribution in [0, 0.1) is 0 Å². The fourth-order valence-electron chi connectivity index (χ4n) is 3.40. The Morgan fingerprint density at radius 3 is 2.33 bits per heavy atom. The lowest BCUT2D eigenvalue weighted by atomic mass is 10.1. The fourth-order valence-corrected chi connectivity index (χ4v) is 3.63. The van der Waals surface area contributed by atoms with Crippen LogP contribution < -0.4 is 20.4 Å². The molecular formula is C19H24N6OS. The second-order valence-corrected chi connectivity index (χ2v) is 7.02. The number of ether oxygens (including phenoxy) is 1. The Balaban J connectivity index is 1.62. The minimum Gasteiger partial charge on any atom is -0.378 e. The number of hydrogen-bond acceptors (Lipinski definition) is 6. The van der Waals surface area contributed by atoms with Gasteiger partial charge in [0.15, 0.2) is 5.11 Å². The van der Waals surface area contributed by atoms with Crippen LogP contribution >= 0.6 is 12.2 Å². The summed E-state index contributed by atoms with van der Waals surface area (Å²) >= 11 is 5.32. The lowest BCUT2D eigenvalue weighted by molar-refractivity contribution is 0.122. The van der Waals surface area contributed by atoms with E-state index in [-0.39, 0.29) is 0 Å². The van der Waals surface area contributed by atoms with Crippen LogP contribution in [0.1, 0.15) is 18.1 Å². The summed E-state index contributed by atoms with van der Waals surface area (Å²) in [7, 11) is 0. The molecule has 0 radical (unpaired) electrons. The van der Waals surface area contributed by atoms with Crippen molar-refractivity contribution in [3.05, 3.63) is 41.5 Å². The summed E-state index contributed by atoms with van der Waals surface area (Å²) in [6.45, 7) is 7.55. The zero-order valence-electron chi connectivity index (χ0n) is 15.4. The van der Waals surface area contributed by atoms with Gasteiger partial charge in [0.05, 0.1) is 13.2 Å². The lowest BCUT2D eigenvalue weighted by Crippen LogP contribution is -2.37. The minimum absolute atomic E-state index is 0.524. The second kappa shape index (κ2) is 8.06. The maximum Gasteiger partial charge on any atom is 0.232 e. The molecule has 1 aromatic carbocycles. The summed E-state index contributed by atoms with van der Waals surface area (Å²) in [6, 6.07) is 10.6. The Bertz CT molecular complexity index is 799. The molecular weight excluding hydrogens is 360 g/mol. The van der Waals surface area contributed by atoms with Gasteiger partial charge in [-0.15, -0.1) is 0 Å². The van der Waals surface area contributed by atoms with Gasteiger partial charge in [-0.2, -0.15) is 9.97 Å². The van der Waals surface area contributed by atoms with E-state index in [9.17, 15) is 0 Å². The van der Waals surface area contributed by atoms with Gasteiger partial charge in [0.1, 0.15) is 11.6 Å². The van der Waals surface area contributed by atoms with Crippen molar-refractivity contribution in [3.63, 3.8) is 0 Å². The van der Waals surface area contributed by atoms with E-state index in [2.05, 4.69) is 50.8 Å². The Kier molecular flexibility index (Phi) is 5.35. The first-order valence-corrected chi connectivity index (χ1v) is 9.72. The molecule has 0 aliphatic carbocycles. The molecule has 27 heavy (non-hydrogen) atoms. The molecule has 3 heterocycles. The average molecular weight is 385 g/mol. The number of benzene rings is 1. The van der Waals surface area contributed by atoms with Gasteiger partial charge in [0, 0.05) is 38.8 Å². The van der Waals surface area contributed by atoms with Crippen molar-refractivity contribution < 1.29 is 4.74 Å². The Morgan fingerprint density at radius 2 is 1.70 bits per heavy atom. The second-order valence-electron chi connectivity index (χ2n) is 6.62. The first-order valence-electron chi connectivity index (χ1n) is 9.31. The van der Waals surface area contributed by atoms with Crippen LogP contribution in [0.4, 0.5) is 17.6 Å². The maximum atomic E-state index is 5.48. The first-order chi connectivity index (χ1) is 13.2. The van der Waals surface area contributed by atoms with Gasteiger partial charge in [-0.05, 0) is 30.3 Å². The summed E-state index contributed by atoms with van der Waals surface area (Å²) < 4.78 is 5.48. The van der Waals surface area contributed by atoms with Crippen molar-refractivity contribution >= 4 is 34.9 Å². The summed E-state index contributed by atoms with van der Waals surface area (Å²) in [6.07, 6.45) is 0. The quantitative estimate of drug-likeness (QED) is 0.778. The van der Waals surface area contributed by atoms with E-state index in [1.165, 1.54) is 11.1 Å². The zero-order chi connectivity index (χ0) is 18.6. The summed E-state index contributed by atoms with van der Waals surface area (Å²) in [5, 5.41) is 6.74. The lowest BCUT2D eigenvalue weighted by Gasteiger charge is -2.29. The third-order valence-corrected chi connectivity index (χ3v) is 5.01. The molecule has 0 spiro atoms. The number of fused-ring (bicyclic) bond motifs is 1. The van der Waals surface area contributed by atoms with Crippen LogP contribution in [0.15, 0.2) is 30.3 Å². The highest BCUT2D eigenvalue weighted by molar-refractivity contribution is 7.80. The van der Waals surface area contributed by atoms with Crippen molar-refractivity contribution in [2.75, 3.05) is 48.0 Å². The normalized spacial score (nSPS) is 16.2. The maximum absolute atomic E-state index is 5.48. The predicted octanol–water partition coefficient (Wildman–Crippen LogP) is 2.14. The number of hydrogen-bond donors (Lipinski definition) is 2. The third kappa shape index (κ3) is 4.12. The van der Waals surface area contributed by atoms with Gasteiger partial charge < -0.3 is 25.2 Å². The number of morpholine rings is 1. The zero-order valence-corrected chi connectivity index (χ0v) is 16.3. The molecule has 0 saturated carbocycles. The van der Waals surface area contributed by atoms with Crippen LogP contribution in [0.25, 0.3) is 0 Å². The van der Waals surface area contributed by atoms with Gasteiger partial charge in [-0.25, -0.2) is 0 Å². The number of aromatic nitrogens is 2. The molecule has 0 amide bonds. The van der Waals surface area contributed by atoms with E-state index in [0.717, 1.165) is 44.4 Å². The van der Waals surface area contributed by atoms with E-state index < -0.39 is 0 Å². The Morgan fingerprint density at radius 1 is 1.07 bits per heavy atom. The molecule has 1 saturated heterocycles. The van der Waals surface area contributed by atoms with Gasteiger partial charge in [-0.1, -0.05) is 24.3 Å². The third-order valence-electron chi connectivity index (χ3n) is 4.76. The van der Waals surface area contributed by atoms with Crippen molar-refractivity contribution in [1.29, 1.82) is 0 Å². The molecule has 8 heteroatoms. The van der Waals surface area contributed by atoms with Crippen LogP contribution in [0.3, 0.4) is 0 Å². The van der Waals surface area contributed by atoms with E-state index in [1.807, 2.05) is 6.92 Å². The SMILES string of the molecule is CCNC(=S)Nc1nc(N2CCOCC2)cc(N2Cc3ccccc3C2)n1.